The van der Waals surface area contributed by atoms with Crippen molar-refractivity contribution in [1.82, 2.24) is 25.8 Å². The lowest BCUT2D eigenvalue weighted by Crippen LogP contribution is -2.55. The Kier molecular flexibility index (Phi) is 9.32. The molecule has 1 aromatic heterocycles. The van der Waals surface area contributed by atoms with Gasteiger partial charge in [-0.3, -0.25) is 14.9 Å². The average Bonchev–Trinajstić information content (AvgIpc) is 2.70. The fraction of sp³-hybridized carbons (Fsp3) is 0.556. The number of likely N-dealkylation sites (N-methyl/N-ethyl adjacent to an activating group) is 1. The molecule has 0 saturated heterocycles. The van der Waals surface area contributed by atoms with Crippen LogP contribution in [0.4, 0.5) is 5.82 Å². The number of carbonyl (C=O) groups excluding carboxylic acids is 2. The number of rotatable bonds is 11. The first-order valence-corrected chi connectivity index (χ1v) is 9.52. The molecule has 1 unspecified atom stereocenters. The molecule has 2 amide bonds. The number of anilines is 1. The highest BCUT2D eigenvalue weighted by Gasteiger charge is 2.30. The Morgan fingerprint density at radius 2 is 2.07 bits per heavy atom. The topological polar surface area (TPSA) is 137 Å². The molecule has 1 aliphatic heterocycles. The summed E-state index contributed by atoms with van der Waals surface area (Å²) in [5, 5.41) is 12.1. The summed E-state index contributed by atoms with van der Waals surface area (Å²) in [5.41, 5.74) is 5.40. The predicted molar refractivity (Wildman–Crippen MR) is 109 cm³/mol. The molecule has 10 heteroatoms. The van der Waals surface area contributed by atoms with Gasteiger partial charge >= 0.3 is 0 Å². The average molecular weight is 390 g/mol. The summed E-state index contributed by atoms with van der Waals surface area (Å²) >= 11 is 0. The van der Waals surface area contributed by atoms with Crippen LogP contribution in [0, 0.1) is 0 Å². The Morgan fingerprint density at radius 1 is 1.29 bits per heavy atom. The molecule has 0 bridgehead atoms. The molecule has 28 heavy (non-hydrogen) atoms. The zero-order valence-corrected chi connectivity index (χ0v) is 16.3. The minimum atomic E-state index is -0.609. The van der Waals surface area contributed by atoms with Crippen LogP contribution in [-0.2, 0) is 9.59 Å². The number of amides is 2. The Balaban J connectivity index is 1.69. The van der Waals surface area contributed by atoms with E-state index in [9.17, 15) is 9.59 Å². The molecular weight excluding hydrogens is 360 g/mol. The number of hydrogen-bond donors (Lipinski definition) is 5. The molecule has 0 aliphatic carbocycles. The number of aliphatic imine (C=N–C) groups is 1. The molecule has 0 spiro atoms. The van der Waals surface area contributed by atoms with Crippen LogP contribution in [0.1, 0.15) is 12.8 Å². The maximum absolute atomic E-state index is 12.4. The van der Waals surface area contributed by atoms with Crippen LogP contribution in [0.3, 0.4) is 0 Å². The third kappa shape index (κ3) is 7.22. The number of aromatic nitrogens is 1. The van der Waals surface area contributed by atoms with Crippen LogP contribution in [-0.4, -0.2) is 80.0 Å². The lowest BCUT2D eigenvalue weighted by molar-refractivity contribution is -0.138. The Morgan fingerprint density at radius 3 is 2.75 bits per heavy atom. The van der Waals surface area contributed by atoms with Crippen molar-refractivity contribution in [2.24, 2.45) is 10.7 Å². The lowest BCUT2D eigenvalue weighted by Gasteiger charge is -2.29. The smallest absolute Gasteiger partial charge is 0.251 e. The van der Waals surface area contributed by atoms with Crippen molar-refractivity contribution in [1.29, 1.82) is 0 Å². The molecule has 2 heterocycles. The van der Waals surface area contributed by atoms with Crippen molar-refractivity contribution >= 4 is 23.6 Å². The van der Waals surface area contributed by atoms with E-state index in [0.717, 1.165) is 26.1 Å². The molecule has 0 saturated carbocycles. The highest BCUT2D eigenvalue weighted by atomic mass is 16.2. The van der Waals surface area contributed by atoms with Gasteiger partial charge in [0.1, 0.15) is 11.9 Å². The standard InChI is InChI=1S/C18H30N8O2/c1-26(16(27)6-11-20-8-4-9-21-12-7-19)14-13-23-18(25-17(14)28)24-15-5-2-3-10-22-15/h2-3,5,10,14,20-21H,4,6-9,11-13,19H2,1H3,(H2,22,23,24,25,28). The molecule has 1 atom stereocenters. The SMILES string of the molecule is CN(C(=O)CCNCCCNCCN)C1CN=C(Nc2ccccn2)NC1=O. The summed E-state index contributed by atoms with van der Waals surface area (Å²) in [6.45, 7) is 3.95. The van der Waals surface area contributed by atoms with E-state index in [1.54, 1.807) is 25.4 Å². The number of pyridine rings is 1. The summed E-state index contributed by atoms with van der Waals surface area (Å²) in [6.07, 6.45) is 2.95. The number of hydrogen-bond acceptors (Lipinski definition) is 8. The summed E-state index contributed by atoms with van der Waals surface area (Å²) in [7, 11) is 1.63. The Bertz CT molecular complexity index is 652. The fourth-order valence-electron chi connectivity index (χ4n) is 2.66. The quantitative estimate of drug-likeness (QED) is 0.297. The zero-order valence-electron chi connectivity index (χ0n) is 16.3. The maximum atomic E-state index is 12.4. The van der Waals surface area contributed by atoms with Gasteiger partial charge in [-0.1, -0.05) is 6.07 Å². The van der Waals surface area contributed by atoms with E-state index in [1.165, 1.54) is 4.90 Å². The minimum absolute atomic E-state index is 0.0924. The van der Waals surface area contributed by atoms with Gasteiger partial charge in [0, 0.05) is 39.3 Å². The monoisotopic (exact) mass is 390 g/mol. The molecule has 6 N–H and O–H groups in total. The van der Waals surface area contributed by atoms with Crippen LogP contribution in [0.25, 0.3) is 0 Å². The third-order valence-corrected chi connectivity index (χ3v) is 4.28. The number of nitrogens with zero attached hydrogens (tertiary/aromatic N) is 3. The largest absolute Gasteiger partial charge is 0.332 e. The number of nitrogens with one attached hydrogen (secondary N) is 4. The normalized spacial score (nSPS) is 16.3. The molecule has 1 aromatic rings. The van der Waals surface area contributed by atoms with E-state index in [2.05, 4.69) is 31.2 Å². The minimum Gasteiger partial charge on any atom is -0.332 e. The number of guanidine groups is 1. The van der Waals surface area contributed by atoms with Gasteiger partial charge in [0.2, 0.25) is 11.9 Å². The van der Waals surface area contributed by atoms with E-state index in [1.807, 2.05) is 6.07 Å². The first-order chi connectivity index (χ1) is 13.6. The highest BCUT2D eigenvalue weighted by Crippen LogP contribution is 2.07. The third-order valence-electron chi connectivity index (χ3n) is 4.28. The summed E-state index contributed by atoms with van der Waals surface area (Å²) in [6, 6.07) is 4.80. The van der Waals surface area contributed by atoms with Gasteiger partial charge in [-0.05, 0) is 31.6 Å². The lowest BCUT2D eigenvalue weighted by atomic mass is 10.2. The van der Waals surface area contributed by atoms with E-state index in [4.69, 9.17) is 5.73 Å². The predicted octanol–water partition coefficient (Wildman–Crippen LogP) is -1.28. The molecular formula is C18H30N8O2. The van der Waals surface area contributed by atoms with Gasteiger partial charge in [0.25, 0.3) is 5.91 Å². The van der Waals surface area contributed by atoms with Gasteiger partial charge < -0.3 is 26.6 Å². The molecule has 0 radical (unpaired) electrons. The van der Waals surface area contributed by atoms with Gasteiger partial charge in [-0.15, -0.1) is 0 Å². The van der Waals surface area contributed by atoms with Crippen molar-refractivity contribution in [3.05, 3.63) is 24.4 Å². The van der Waals surface area contributed by atoms with Crippen molar-refractivity contribution in [2.75, 3.05) is 51.6 Å². The van der Waals surface area contributed by atoms with Gasteiger partial charge in [-0.25, -0.2) is 9.98 Å². The first kappa shape index (κ1) is 21.7. The summed E-state index contributed by atoms with van der Waals surface area (Å²) in [4.78, 5) is 34.6. The van der Waals surface area contributed by atoms with E-state index in [0.29, 0.717) is 31.3 Å². The van der Waals surface area contributed by atoms with Gasteiger partial charge in [-0.2, -0.15) is 0 Å². The summed E-state index contributed by atoms with van der Waals surface area (Å²) in [5.74, 6) is 0.577. The van der Waals surface area contributed by atoms with Gasteiger partial charge in [0.05, 0.1) is 6.54 Å². The summed E-state index contributed by atoms with van der Waals surface area (Å²) < 4.78 is 0. The number of nitrogens with two attached hydrogens (primary N) is 1. The van der Waals surface area contributed by atoms with Crippen LogP contribution in [0.5, 0.6) is 0 Å². The highest BCUT2D eigenvalue weighted by molar-refractivity contribution is 6.07. The molecule has 2 rings (SSSR count). The zero-order chi connectivity index (χ0) is 20.2. The van der Waals surface area contributed by atoms with Crippen molar-refractivity contribution in [3.8, 4) is 0 Å². The molecule has 1 aliphatic rings. The van der Waals surface area contributed by atoms with Crippen molar-refractivity contribution in [2.45, 2.75) is 18.9 Å². The molecule has 154 valence electrons. The van der Waals surface area contributed by atoms with Gasteiger partial charge in [0.15, 0.2) is 0 Å². The van der Waals surface area contributed by atoms with E-state index < -0.39 is 6.04 Å². The Hall–Kier alpha value is -2.56. The van der Waals surface area contributed by atoms with Crippen molar-refractivity contribution < 1.29 is 9.59 Å². The maximum Gasteiger partial charge on any atom is 0.251 e. The van der Waals surface area contributed by atoms with Crippen LogP contribution in [0.2, 0.25) is 0 Å². The van der Waals surface area contributed by atoms with Crippen molar-refractivity contribution in [3.63, 3.8) is 0 Å². The second-order valence-electron chi connectivity index (χ2n) is 6.43. The Labute approximate surface area is 165 Å². The molecule has 0 aromatic carbocycles. The second-order valence-corrected chi connectivity index (χ2v) is 6.43. The fourth-order valence-corrected chi connectivity index (χ4v) is 2.66. The molecule has 10 nitrogen and oxygen atoms in total. The second kappa shape index (κ2) is 12.0. The van der Waals surface area contributed by atoms with E-state index >= 15 is 0 Å². The van der Waals surface area contributed by atoms with Crippen LogP contribution < -0.4 is 27.0 Å². The van der Waals surface area contributed by atoms with Crippen LogP contribution >= 0.6 is 0 Å². The number of carbonyl (C=O) groups is 2. The van der Waals surface area contributed by atoms with E-state index in [-0.39, 0.29) is 18.4 Å². The first-order valence-electron chi connectivity index (χ1n) is 9.52. The molecule has 0 fully saturated rings. The van der Waals surface area contributed by atoms with Crippen LogP contribution in [0.15, 0.2) is 29.4 Å².